The maximum atomic E-state index is 11.8. The maximum Gasteiger partial charge on any atom is 0.237 e. The SMILES string of the molecule is COCC(C)NC(=O)C1CC(C)CCN1. The highest BCUT2D eigenvalue weighted by Crippen LogP contribution is 2.14. The van der Waals surface area contributed by atoms with Crippen LogP contribution in [0.1, 0.15) is 26.7 Å². The van der Waals surface area contributed by atoms with Crippen molar-refractivity contribution in [3.8, 4) is 0 Å². The molecule has 0 saturated carbocycles. The summed E-state index contributed by atoms with van der Waals surface area (Å²) in [7, 11) is 1.64. The second kappa shape index (κ2) is 6.08. The van der Waals surface area contributed by atoms with Crippen LogP contribution in [0.25, 0.3) is 0 Å². The predicted molar refractivity (Wildman–Crippen MR) is 59.7 cm³/mol. The van der Waals surface area contributed by atoms with Gasteiger partial charge in [0.2, 0.25) is 5.91 Å². The lowest BCUT2D eigenvalue weighted by Gasteiger charge is -2.28. The minimum Gasteiger partial charge on any atom is -0.383 e. The fraction of sp³-hybridized carbons (Fsp3) is 0.909. The van der Waals surface area contributed by atoms with Gasteiger partial charge in [0.25, 0.3) is 0 Å². The van der Waals surface area contributed by atoms with Crippen molar-refractivity contribution in [2.24, 2.45) is 5.92 Å². The molecule has 0 aromatic rings. The monoisotopic (exact) mass is 214 g/mol. The number of hydrogen-bond acceptors (Lipinski definition) is 3. The number of ether oxygens (including phenoxy) is 1. The lowest BCUT2D eigenvalue weighted by Crippen LogP contribution is -2.51. The van der Waals surface area contributed by atoms with Gasteiger partial charge in [-0.05, 0) is 32.2 Å². The van der Waals surface area contributed by atoms with Crippen LogP contribution in [0.5, 0.6) is 0 Å². The number of rotatable bonds is 4. The second-order valence-electron chi connectivity index (χ2n) is 4.50. The molecule has 1 rings (SSSR count). The Morgan fingerprint density at radius 2 is 2.40 bits per heavy atom. The molecule has 4 nitrogen and oxygen atoms in total. The highest BCUT2D eigenvalue weighted by Gasteiger charge is 2.24. The Morgan fingerprint density at radius 3 is 3.00 bits per heavy atom. The molecule has 0 aliphatic carbocycles. The van der Waals surface area contributed by atoms with Crippen LogP contribution in [0.4, 0.5) is 0 Å². The van der Waals surface area contributed by atoms with Gasteiger partial charge >= 0.3 is 0 Å². The molecule has 3 unspecified atom stereocenters. The van der Waals surface area contributed by atoms with Gasteiger partial charge in [0.1, 0.15) is 0 Å². The van der Waals surface area contributed by atoms with E-state index in [2.05, 4.69) is 17.6 Å². The van der Waals surface area contributed by atoms with Crippen LogP contribution in [-0.2, 0) is 9.53 Å². The number of carbonyl (C=O) groups excluding carboxylic acids is 1. The Kier molecular flexibility index (Phi) is 5.05. The van der Waals surface area contributed by atoms with Gasteiger partial charge in [-0.1, -0.05) is 6.92 Å². The van der Waals surface area contributed by atoms with Crippen molar-refractivity contribution in [1.82, 2.24) is 10.6 Å². The second-order valence-corrected chi connectivity index (χ2v) is 4.50. The van der Waals surface area contributed by atoms with Crippen molar-refractivity contribution in [3.63, 3.8) is 0 Å². The van der Waals surface area contributed by atoms with Crippen LogP contribution < -0.4 is 10.6 Å². The maximum absolute atomic E-state index is 11.8. The Morgan fingerprint density at radius 1 is 1.67 bits per heavy atom. The summed E-state index contributed by atoms with van der Waals surface area (Å²) in [5.74, 6) is 0.742. The third-order valence-corrected chi connectivity index (χ3v) is 2.79. The fourth-order valence-corrected chi connectivity index (χ4v) is 1.94. The molecule has 1 amide bonds. The van der Waals surface area contributed by atoms with E-state index in [1.807, 2.05) is 6.92 Å². The van der Waals surface area contributed by atoms with Crippen LogP contribution in [0.2, 0.25) is 0 Å². The number of methoxy groups -OCH3 is 1. The van der Waals surface area contributed by atoms with E-state index in [1.165, 1.54) is 0 Å². The van der Waals surface area contributed by atoms with Gasteiger partial charge in [0, 0.05) is 13.2 Å². The third-order valence-electron chi connectivity index (χ3n) is 2.79. The smallest absolute Gasteiger partial charge is 0.237 e. The van der Waals surface area contributed by atoms with E-state index < -0.39 is 0 Å². The quantitative estimate of drug-likeness (QED) is 0.717. The van der Waals surface area contributed by atoms with E-state index in [9.17, 15) is 4.79 Å². The molecule has 4 heteroatoms. The zero-order valence-electron chi connectivity index (χ0n) is 9.88. The summed E-state index contributed by atoms with van der Waals surface area (Å²) in [6, 6.07) is 0.0644. The topological polar surface area (TPSA) is 50.4 Å². The molecule has 0 spiro atoms. The summed E-state index contributed by atoms with van der Waals surface area (Å²) < 4.78 is 4.98. The molecule has 0 aromatic carbocycles. The van der Waals surface area contributed by atoms with Crippen molar-refractivity contribution >= 4 is 5.91 Å². The van der Waals surface area contributed by atoms with Gasteiger partial charge in [-0.15, -0.1) is 0 Å². The fourth-order valence-electron chi connectivity index (χ4n) is 1.94. The van der Waals surface area contributed by atoms with Gasteiger partial charge in [0.05, 0.1) is 12.6 Å². The molecule has 0 aromatic heterocycles. The predicted octanol–water partition coefficient (Wildman–Crippen LogP) is 0.526. The number of hydrogen-bond donors (Lipinski definition) is 2. The Labute approximate surface area is 91.8 Å². The molecule has 0 bridgehead atoms. The van der Waals surface area contributed by atoms with Gasteiger partial charge in [-0.3, -0.25) is 4.79 Å². The van der Waals surface area contributed by atoms with Crippen molar-refractivity contribution < 1.29 is 9.53 Å². The summed E-state index contributed by atoms with van der Waals surface area (Å²) in [5, 5.41) is 6.19. The summed E-state index contributed by atoms with van der Waals surface area (Å²) in [6.45, 7) is 5.65. The molecule has 88 valence electrons. The van der Waals surface area contributed by atoms with Gasteiger partial charge in [-0.2, -0.15) is 0 Å². The van der Waals surface area contributed by atoms with Crippen LogP contribution in [0.3, 0.4) is 0 Å². The average molecular weight is 214 g/mol. The lowest BCUT2D eigenvalue weighted by atomic mass is 9.94. The van der Waals surface area contributed by atoms with Crippen LogP contribution >= 0.6 is 0 Å². The van der Waals surface area contributed by atoms with E-state index in [0.717, 1.165) is 19.4 Å². The van der Waals surface area contributed by atoms with Crippen LogP contribution in [-0.4, -0.2) is 38.3 Å². The van der Waals surface area contributed by atoms with E-state index >= 15 is 0 Å². The summed E-state index contributed by atoms with van der Waals surface area (Å²) >= 11 is 0. The van der Waals surface area contributed by atoms with Crippen LogP contribution in [0, 0.1) is 5.92 Å². The van der Waals surface area contributed by atoms with Crippen molar-refractivity contribution in [2.75, 3.05) is 20.3 Å². The van der Waals surface area contributed by atoms with Gasteiger partial charge in [0.15, 0.2) is 0 Å². The number of carbonyl (C=O) groups is 1. The molecule has 1 aliphatic heterocycles. The van der Waals surface area contributed by atoms with Crippen LogP contribution in [0.15, 0.2) is 0 Å². The molecular formula is C11H22N2O2. The molecule has 1 heterocycles. The molecule has 15 heavy (non-hydrogen) atoms. The highest BCUT2D eigenvalue weighted by atomic mass is 16.5. The molecule has 3 atom stereocenters. The first-order chi connectivity index (χ1) is 7.13. The minimum atomic E-state index is -0.0203. The van der Waals surface area contributed by atoms with E-state index in [1.54, 1.807) is 7.11 Å². The first-order valence-electron chi connectivity index (χ1n) is 5.66. The molecule has 1 saturated heterocycles. The first-order valence-corrected chi connectivity index (χ1v) is 5.66. The zero-order valence-corrected chi connectivity index (χ0v) is 9.88. The van der Waals surface area contributed by atoms with Crippen molar-refractivity contribution in [1.29, 1.82) is 0 Å². The van der Waals surface area contributed by atoms with Crippen molar-refractivity contribution in [2.45, 2.75) is 38.8 Å². The molecule has 2 N–H and O–H groups in total. The Balaban J connectivity index is 2.32. The zero-order chi connectivity index (χ0) is 11.3. The Hall–Kier alpha value is -0.610. The standard InChI is InChI=1S/C11H22N2O2/c1-8-4-5-12-10(6-8)11(14)13-9(2)7-15-3/h8-10,12H,4-7H2,1-3H3,(H,13,14). The average Bonchev–Trinajstić information content (AvgIpc) is 2.18. The molecular weight excluding hydrogens is 192 g/mol. The first kappa shape index (κ1) is 12.5. The minimum absolute atomic E-state index is 0.0203. The molecule has 1 fully saturated rings. The van der Waals surface area contributed by atoms with Gasteiger partial charge in [-0.25, -0.2) is 0 Å². The molecule has 0 radical (unpaired) electrons. The molecule has 1 aliphatic rings. The van der Waals surface area contributed by atoms with E-state index in [-0.39, 0.29) is 18.0 Å². The van der Waals surface area contributed by atoms with Crippen molar-refractivity contribution in [3.05, 3.63) is 0 Å². The Bertz CT molecular complexity index is 209. The van der Waals surface area contributed by atoms with E-state index in [0.29, 0.717) is 12.5 Å². The van der Waals surface area contributed by atoms with E-state index in [4.69, 9.17) is 4.74 Å². The largest absolute Gasteiger partial charge is 0.383 e. The number of piperidine rings is 1. The number of amides is 1. The summed E-state index contributed by atoms with van der Waals surface area (Å²) in [5.41, 5.74) is 0. The lowest BCUT2D eigenvalue weighted by molar-refractivity contribution is -0.125. The summed E-state index contributed by atoms with van der Waals surface area (Å²) in [4.78, 5) is 11.8. The summed E-state index contributed by atoms with van der Waals surface area (Å²) in [6.07, 6.45) is 2.10. The van der Waals surface area contributed by atoms with Gasteiger partial charge < -0.3 is 15.4 Å². The number of nitrogens with one attached hydrogen (secondary N) is 2. The normalized spacial score (nSPS) is 28.5. The highest BCUT2D eigenvalue weighted by molar-refractivity contribution is 5.82. The third kappa shape index (κ3) is 4.18.